The Labute approximate surface area is 176 Å². The van der Waals surface area contributed by atoms with Gasteiger partial charge in [-0.1, -0.05) is 0 Å². The lowest BCUT2D eigenvalue weighted by Crippen LogP contribution is -2.27. The highest BCUT2D eigenvalue weighted by Crippen LogP contribution is 2.68. The molecule has 3 aliphatic carbocycles. The molecule has 0 saturated heterocycles. The van der Waals surface area contributed by atoms with Gasteiger partial charge in [0.25, 0.3) is 15.9 Å². The van der Waals surface area contributed by atoms with E-state index in [9.17, 15) is 26.4 Å². The molecule has 12 heteroatoms. The van der Waals surface area contributed by atoms with Gasteiger partial charge in [0.15, 0.2) is 5.03 Å². The van der Waals surface area contributed by atoms with Crippen LogP contribution in [0.25, 0.3) is 0 Å². The molecule has 166 valence electrons. The molecule has 3 N–H and O–H groups in total. The van der Waals surface area contributed by atoms with Crippen LogP contribution < -0.4 is 10.5 Å². The summed E-state index contributed by atoms with van der Waals surface area (Å²) in [5.74, 6) is -0.803. The molecule has 0 spiro atoms. The lowest BCUT2D eigenvalue weighted by atomic mass is 9.85. The Hall–Kier alpha value is -2.47. The summed E-state index contributed by atoms with van der Waals surface area (Å²) in [6, 6.07) is 2.29. The standard InChI is InChI=1S/C19H20F3N5O3S/c20-19(21,22)14-15(10-1-2-10)26-27(9-18-5-3-11(18)8-18)16(14)17(28)25-12-4-6-24-13(7-12)31(23,29)30/h4,6-7,10-11H,1-3,5,8-9H2,(H2,23,29,30)(H,24,25,28). The number of amides is 1. The number of carbonyl (C=O) groups excluding carboxylic acids is 1. The Morgan fingerprint density at radius 3 is 2.58 bits per heavy atom. The Kier molecular flexibility index (Phi) is 4.30. The Morgan fingerprint density at radius 1 is 1.32 bits per heavy atom. The number of pyridine rings is 1. The summed E-state index contributed by atoms with van der Waals surface area (Å²) in [6.45, 7) is 0.273. The van der Waals surface area contributed by atoms with Crippen LogP contribution in [-0.4, -0.2) is 29.1 Å². The topological polar surface area (TPSA) is 120 Å². The van der Waals surface area contributed by atoms with Crippen molar-refractivity contribution in [2.75, 3.05) is 5.32 Å². The van der Waals surface area contributed by atoms with Crippen LogP contribution in [0.4, 0.5) is 18.9 Å². The van der Waals surface area contributed by atoms with Crippen LogP contribution in [-0.2, 0) is 22.7 Å². The smallest absolute Gasteiger partial charge is 0.320 e. The zero-order chi connectivity index (χ0) is 22.2. The summed E-state index contributed by atoms with van der Waals surface area (Å²) in [5, 5.41) is 11.2. The van der Waals surface area contributed by atoms with Crippen LogP contribution >= 0.6 is 0 Å². The molecule has 0 bridgehead atoms. The van der Waals surface area contributed by atoms with E-state index >= 15 is 0 Å². The number of nitrogens with two attached hydrogens (primary N) is 1. The van der Waals surface area contributed by atoms with Crippen molar-refractivity contribution >= 4 is 21.6 Å². The fourth-order valence-electron chi connectivity index (χ4n) is 4.54. The third-order valence-electron chi connectivity index (χ3n) is 6.54. The molecular formula is C19H20F3N5O3S. The second-order valence-corrected chi connectivity index (χ2v) is 10.2. The highest BCUT2D eigenvalue weighted by atomic mass is 32.2. The van der Waals surface area contributed by atoms with Crippen LogP contribution in [0.3, 0.4) is 0 Å². The van der Waals surface area contributed by atoms with Gasteiger partial charge in [-0.05, 0) is 49.5 Å². The Morgan fingerprint density at radius 2 is 2.06 bits per heavy atom. The normalized spacial score (nSPS) is 25.0. The summed E-state index contributed by atoms with van der Waals surface area (Å²) in [7, 11) is -4.14. The number of carbonyl (C=O) groups is 1. The van der Waals surface area contributed by atoms with E-state index in [4.69, 9.17) is 5.14 Å². The van der Waals surface area contributed by atoms with Gasteiger partial charge in [-0.3, -0.25) is 9.48 Å². The molecule has 8 nitrogen and oxygen atoms in total. The first-order valence-corrected chi connectivity index (χ1v) is 11.5. The number of hydrogen-bond donors (Lipinski definition) is 2. The van der Waals surface area contributed by atoms with E-state index in [0.717, 1.165) is 31.5 Å². The average molecular weight is 455 g/mol. The number of halogens is 3. The van der Waals surface area contributed by atoms with Crippen molar-refractivity contribution < 1.29 is 26.4 Å². The minimum absolute atomic E-state index is 0.0241. The molecule has 5 rings (SSSR count). The second-order valence-electron chi connectivity index (χ2n) is 8.72. The second kappa shape index (κ2) is 6.52. The summed E-state index contributed by atoms with van der Waals surface area (Å²) in [4.78, 5) is 16.7. The molecule has 2 unspecified atom stereocenters. The maximum absolute atomic E-state index is 14.0. The molecule has 0 aromatic carbocycles. The number of sulfonamides is 1. The summed E-state index contributed by atoms with van der Waals surface area (Å²) in [6.07, 6.45) is 0.491. The third kappa shape index (κ3) is 3.61. The molecule has 3 aliphatic rings. The van der Waals surface area contributed by atoms with Gasteiger partial charge in [0.1, 0.15) is 11.3 Å². The van der Waals surface area contributed by atoms with E-state index in [2.05, 4.69) is 15.4 Å². The fourth-order valence-corrected chi connectivity index (χ4v) is 5.04. The molecule has 0 aliphatic heterocycles. The van der Waals surface area contributed by atoms with Crippen molar-refractivity contribution in [1.82, 2.24) is 14.8 Å². The van der Waals surface area contributed by atoms with Crippen LogP contribution in [0.1, 0.15) is 59.8 Å². The summed E-state index contributed by atoms with van der Waals surface area (Å²) in [5.41, 5.74) is -1.69. The number of rotatable bonds is 6. The van der Waals surface area contributed by atoms with Crippen molar-refractivity contribution in [3.05, 3.63) is 35.3 Å². The first-order chi connectivity index (χ1) is 14.5. The van der Waals surface area contributed by atoms with Crippen molar-refractivity contribution in [3.8, 4) is 0 Å². The van der Waals surface area contributed by atoms with E-state index in [1.165, 1.54) is 10.7 Å². The van der Waals surface area contributed by atoms with Gasteiger partial charge in [0.2, 0.25) is 0 Å². The third-order valence-corrected chi connectivity index (χ3v) is 7.35. The number of alkyl halides is 3. The highest BCUT2D eigenvalue weighted by molar-refractivity contribution is 7.89. The number of aromatic nitrogens is 3. The molecule has 2 heterocycles. The molecule has 31 heavy (non-hydrogen) atoms. The largest absolute Gasteiger partial charge is 0.420 e. The van der Waals surface area contributed by atoms with Crippen LogP contribution in [0.5, 0.6) is 0 Å². The van der Waals surface area contributed by atoms with E-state index < -0.39 is 38.4 Å². The molecule has 2 aromatic heterocycles. The Balaban J connectivity index is 1.54. The SMILES string of the molecule is NS(=O)(=O)c1cc(NC(=O)c2c(C(F)(F)F)c(C3CC3)nn2CC23CCC2C3)ccn1. The van der Waals surface area contributed by atoms with Gasteiger partial charge in [0.05, 0.1) is 5.69 Å². The molecule has 2 atom stereocenters. The molecule has 3 saturated carbocycles. The maximum Gasteiger partial charge on any atom is 0.420 e. The highest BCUT2D eigenvalue weighted by Gasteiger charge is 2.61. The number of anilines is 1. The number of hydrogen-bond acceptors (Lipinski definition) is 5. The van der Waals surface area contributed by atoms with Gasteiger partial charge >= 0.3 is 6.18 Å². The number of primary sulfonamides is 1. The Bertz CT molecular complexity index is 1180. The van der Waals surface area contributed by atoms with Gasteiger partial charge < -0.3 is 5.32 Å². The van der Waals surface area contributed by atoms with E-state index in [1.807, 2.05) is 0 Å². The summed E-state index contributed by atoms with van der Waals surface area (Å²) >= 11 is 0. The first-order valence-electron chi connectivity index (χ1n) is 9.96. The number of fused-ring (bicyclic) bond motifs is 1. The minimum atomic E-state index is -4.74. The molecule has 0 radical (unpaired) electrons. The zero-order valence-electron chi connectivity index (χ0n) is 16.3. The zero-order valence-corrected chi connectivity index (χ0v) is 17.1. The quantitative estimate of drug-likeness (QED) is 0.694. The molecule has 1 amide bonds. The minimum Gasteiger partial charge on any atom is -0.320 e. The monoisotopic (exact) mass is 455 g/mol. The van der Waals surface area contributed by atoms with Gasteiger partial charge in [0, 0.05) is 30.4 Å². The van der Waals surface area contributed by atoms with Crippen molar-refractivity contribution in [2.45, 2.75) is 55.8 Å². The lowest BCUT2D eigenvalue weighted by Gasteiger charge is -2.26. The average Bonchev–Trinajstić information content (AvgIpc) is 3.53. The van der Waals surface area contributed by atoms with Crippen molar-refractivity contribution in [2.24, 2.45) is 16.5 Å². The predicted octanol–water partition coefficient (Wildman–Crippen LogP) is 2.87. The van der Waals surface area contributed by atoms with Gasteiger partial charge in [-0.2, -0.15) is 18.3 Å². The van der Waals surface area contributed by atoms with Crippen LogP contribution in [0.15, 0.2) is 23.4 Å². The molecule has 3 fully saturated rings. The predicted molar refractivity (Wildman–Crippen MR) is 103 cm³/mol. The fraction of sp³-hybridized carbons (Fsp3) is 0.526. The van der Waals surface area contributed by atoms with Crippen molar-refractivity contribution in [1.29, 1.82) is 0 Å². The van der Waals surface area contributed by atoms with Crippen molar-refractivity contribution in [3.63, 3.8) is 0 Å². The maximum atomic E-state index is 14.0. The van der Waals surface area contributed by atoms with Crippen LogP contribution in [0, 0.1) is 11.3 Å². The van der Waals surface area contributed by atoms with E-state index in [0.29, 0.717) is 18.8 Å². The molecular weight excluding hydrogens is 435 g/mol. The van der Waals surface area contributed by atoms with Gasteiger partial charge in [-0.25, -0.2) is 18.5 Å². The number of nitrogens with one attached hydrogen (secondary N) is 1. The lowest BCUT2D eigenvalue weighted by molar-refractivity contribution is -0.138. The molecule has 2 aromatic rings. The van der Waals surface area contributed by atoms with Crippen LogP contribution in [0.2, 0.25) is 0 Å². The van der Waals surface area contributed by atoms with Gasteiger partial charge in [-0.15, -0.1) is 0 Å². The first kappa shape index (κ1) is 20.4. The number of nitrogens with zero attached hydrogens (tertiary/aromatic N) is 3. The van der Waals surface area contributed by atoms with E-state index in [-0.39, 0.29) is 29.3 Å². The summed E-state index contributed by atoms with van der Waals surface area (Å²) < 4.78 is 66.3. The van der Waals surface area contributed by atoms with E-state index in [1.54, 1.807) is 0 Å².